The second kappa shape index (κ2) is 8.19. The maximum atomic E-state index is 7.49. The number of benzene rings is 2. The number of anilines is 2. The maximum absolute atomic E-state index is 7.49. The third-order valence-electron chi connectivity index (χ3n) is 5.17. The number of aromatic amines is 2. The molecule has 32 heavy (non-hydrogen) atoms. The molecule has 8 heteroatoms. The minimum atomic E-state index is 0.615. The van der Waals surface area contributed by atoms with E-state index in [0.717, 1.165) is 39.0 Å². The molecular formula is C24H20N8. The summed E-state index contributed by atoms with van der Waals surface area (Å²) in [5, 5.41) is 18.7. The zero-order valence-electron chi connectivity index (χ0n) is 17.0. The molecule has 8 nitrogen and oxygen atoms in total. The fraction of sp³-hybridized carbons (Fsp3) is 0. The first-order valence-electron chi connectivity index (χ1n) is 9.98. The maximum Gasteiger partial charge on any atom is 0.161 e. The van der Waals surface area contributed by atoms with Gasteiger partial charge in [-0.2, -0.15) is 5.10 Å². The van der Waals surface area contributed by atoms with Crippen molar-refractivity contribution in [2.24, 2.45) is 5.73 Å². The molecule has 0 unspecified atom stereocenters. The van der Waals surface area contributed by atoms with Gasteiger partial charge in [0.25, 0.3) is 0 Å². The van der Waals surface area contributed by atoms with Crippen molar-refractivity contribution in [1.82, 2.24) is 25.1 Å². The highest BCUT2D eigenvalue weighted by atomic mass is 15.1. The van der Waals surface area contributed by atoms with Crippen molar-refractivity contribution in [2.75, 3.05) is 5.32 Å². The number of H-pyrrole nitrogens is 2. The lowest BCUT2D eigenvalue weighted by Crippen LogP contribution is -1.96. The van der Waals surface area contributed by atoms with Gasteiger partial charge in [0.1, 0.15) is 5.82 Å². The van der Waals surface area contributed by atoms with E-state index in [1.807, 2.05) is 60.8 Å². The Balaban J connectivity index is 1.40. The van der Waals surface area contributed by atoms with Crippen LogP contribution in [0.3, 0.4) is 0 Å². The summed E-state index contributed by atoms with van der Waals surface area (Å²) >= 11 is 0. The van der Waals surface area contributed by atoms with Crippen LogP contribution in [0.2, 0.25) is 0 Å². The van der Waals surface area contributed by atoms with Gasteiger partial charge in [-0.05, 0) is 35.9 Å². The molecule has 3 aromatic heterocycles. The Hall–Kier alpha value is -4.72. The fourth-order valence-electron chi connectivity index (χ4n) is 3.51. The molecule has 0 atom stereocenters. The van der Waals surface area contributed by atoms with E-state index in [2.05, 4.69) is 30.5 Å². The zero-order chi connectivity index (χ0) is 21.9. The van der Waals surface area contributed by atoms with E-state index in [1.165, 1.54) is 12.4 Å². The van der Waals surface area contributed by atoms with Crippen LogP contribution >= 0.6 is 0 Å². The first kappa shape index (κ1) is 19.3. The number of hydrogen-bond donors (Lipinski definition) is 5. The summed E-state index contributed by atoms with van der Waals surface area (Å²) in [6, 6.07) is 17.8. The third kappa shape index (κ3) is 3.72. The van der Waals surface area contributed by atoms with E-state index < -0.39 is 0 Å². The molecule has 5 rings (SSSR count). The van der Waals surface area contributed by atoms with Crippen molar-refractivity contribution in [3.63, 3.8) is 0 Å². The molecule has 0 amide bonds. The molecule has 0 aliphatic rings. The molecule has 156 valence electrons. The third-order valence-corrected chi connectivity index (χ3v) is 5.17. The Morgan fingerprint density at radius 3 is 2.59 bits per heavy atom. The predicted octanol–water partition coefficient (Wildman–Crippen LogP) is 4.71. The normalized spacial score (nSPS) is 11.6. The van der Waals surface area contributed by atoms with Crippen molar-refractivity contribution < 1.29 is 0 Å². The number of fused-ring (bicyclic) bond motifs is 1. The van der Waals surface area contributed by atoms with Crippen LogP contribution in [0.15, 0.2) is 79.4 Å². The van der Waals surface area contributed by atoms with Crippen LogP contribution in [-0.2, 0) is 0 Å². The Morgan fingerprint density at radius 1 is 1.00 bits per heavy atom. The first-order chi connectivity index (χ1) is 15.7. The minimum absolute atomic E-state index is 0.615. The highest BCUT2D eigenvalue weighted by molar-refractivity contribution is 6.09. The standard InChI is InChI=1S/C24H20N8/c25-11-18(12-26)22-9-16-1-2-17(10-21(16)31-22)24-27-8-7-23(32-24)30-20-5-3-15(4-6-20)19-13-28-29-14-19/h1-14,25,31H,26H2,(H,28,29)(H,27,30,32). The minimum Gasteiger partial charge on any atom is -0.404 e. The number of nitrogens with two attached hydrogens (primary N) is 1. The fourth-order valence-corrected chi connectivity index (χ4v) is 3.51. The molecule has 5 aromatic rings. The van der Waals surface area contributed by atoms with Gasteiger partial charge in [0, 0.05) is 63.8 Å². The molecule has 0 spiro atoms. The Bertz CT molecular complexity index is 1410. The summed E-state index contributed by atoms with van der Waals surface area (Å²) in [5.74, 6) is 1.32. The molecular weight excluding hydrogens is 400 g/mol. The highest BCUT2D eigenvalue weighted by Crippen LogP contribution is 2.26. The topological polar surface area (TPSA) is 132 Å². The van der Waals surface area contributed by atoms with Gasteiger partial charge in [0.2, 0.25) is 0 Å². The SMILES string of the molecule is N=CC(=CN)c1cc2ccc(-c3nccc(Nc4ccc(-c5cn[nH]c5)cc4)n3)cc2[nH]1. The molecule has 3 heterocycles. The number of rotatable bonds is 6. The van der Waals surface area contributed by atoms with Gasteiger partial charge in [-0.25, -0.2) is 9.97 Å². The largest absolute Gasteiger partial charge is 0.404 e. The van der Waals surface area contributed by atoms with Gasteiger partial charge in [0.05, 0.1) is 6.20 Å². The summed E-state index contributed by atoms with van der Waals surface area (Å²) in [6.45, 7) is 0. The lowest BCUT2D eigenvalue weighted by molar-refractivity contribution is 1.09. The molecule has 0 bridgehead atoms. The lowest BCUT2D eigenvalue weighted by atomic mass is 10.1. The van der Waals surface area contributed by atoms with Crippen molar-refractivity contribution in [2.45, 2.75) is 0 Å². The molecule has 0 saturated carbocycles. The van der Waals surface area contributed by atoms with Crippen molar-refractivity contribution in [3.05, 3.63) is 85.1 Å². The van der Waals surface area contributed by atoms with Gasteiger partial charge in [-0.1, -0.05) is 24.3 Å². The van der Waals surface area contributed by atoms with Gasteiger partial charge in [0.15, 0.2) is 5.82 Å². The number of hydrogen-bond acceptors (Lipinski definition) is 6. The Kier molecular flexibility index (Phi) is 4.93. The predicted molar refractivity (Wildman–Crippen MR) is 128 cm³/mol. The number of aromatic nitrogens is 5. The molecule has 6 N–H and O–H groups in total. The van der Waals surface area contributed by atoms with Crippen molar-refractivity contribution in [3.8, 4) is 22.5 Å². The average molecular weight is 420 g/mol. The van der Waals surface area contributed by atoms with Crippen molar-refractivity contribution in [1.29, 1.82) is 5.41 Å². The smallest absolute Gasteiger partial charge is 0.161 e. The molecule has 2 aromatic carbocycles. The summed E-state index contributed by atoms with van der Waals surface area (Å²) < 4.78 is 0. The van der Waals surface area contributed by atoms with E-state index >= 15 is 0 Å². The van der Waals surface area contributed by atoms with Crippen molar-refractivity contribution >= 4 is 34.2 Å². The van der Waals surface area contributed by atoms with E-state index in [0.29, 0.717) is 17.2 Å². The van der Waals surface area contributed by atoms with Crippen LogP contribution in [0.4, 0.5) is 11.5 Å². The van der Waals surface area contributed by atoms with Crippen LogP contribution < -0.4 is 11.1 Å². The van der Waals surface area contributed by atoms with E-state index in [4.69, 9.17) is 11.1 Å². The van der Waals surface area contributed by atoms with E-state index in [9.17, 15) is 0 Å². The molecule has 0 saturated heterocycles. The number of allylic oxidation sites excluding steroid dienone is 1. The second-order valence-electron chi connectivity index (χ2n) is 7.21. The van der Waals surface area contributed by atoms with Crippen LogP contribution in [0, 0.1) is 5.41 Å². The van der Waals surface area contributed by atoms with Gasteiger partial charge >= 0.3 is 0 Å². The first-order valence-corrected chi connectivity index (χ1v) is 9.98. The summed E-state index contributed by atoms with van der Waals surface area (Å²) in [6.07, 6.45) is 8.03. The highest BCUT2D eigenvalue weighted by Gasteiger charge is 2.08. The number of nitrogens with zero attached hydrogens (tertiary/aromatic N) is 3. The summed E-state index contributed by atoms with van der Waals surface area (Å²) in [5.41, 5.74) is 11.9. The average Bonchev–Trinajstić information content (AvgIpc) is 3.50. The van der Waals surface area contributed by atoms with E-state index in [-0.39, 0.29) is 0 Å². The second-order valence-corrected chi connectivity index (χ2v) is 7.21. The van der Waals surface area contributed by atoms with Crippen LogP contribution in [-0.4, -0.2) is 31.4 Å². The van der Waals surface area contributed by atoms with Gasteiger partial charge in [-0.15, -0.1) is 0 Å². The van der Waals surface area contributed by atoms with E-state index in [1.54, 1.807) is 12.4 Å². The van der Waals surface area contributed by atoms with Crippen LogP contribution in [0.5, 0.6) is 0 Å². The Morgan fingerprint density at radius 2 is 1.84 bits per heavy atom. The monoisotopic (exact) mass is 420 g/mol. The Labute approximate surface area is 183 Å². The molecule has 0 radical (unpaired) electrons. The molecule has 0 aliphatic heterocycles. The molecule has 0 fully saturated rings. The zero-order valence-corrected chi connectivity index (χ0v) is 17.0. The quantitative estimate of drug-likeness (QED) is 0.254. The lowest BCUT2D eigenvalue weighted by Gasteiger charge is -2.08. The van der Waals surface area contributed by atoms with Gasteiger partial charge < -0.3 is 21.4 Å². The number of nitrogens with one attached hydrogen (secondary N) is 4. The van der Waals surface area contributed by atoms with Crippen LogP contribution in [0.25, 0.3) is 39.0 Å². The van der Waals surface area contributed by atoms with Gasteiger partial charge in [-0.3, -0.25) is 5.10 Å². The summed E-state index contributed by atoms with van der Waals surface area (Å²) in [7, 11) is 0. The summed E-state index contributed by atoms with van der Waals surface area (Å²) in [4.78, 5) is 12.4. The molecule has 0 aliphatic carbocycles. The van der Waals surface area contributed by atoms with Crippen LogP contribution in [0.1, 0.15) is 5.69 Å².